The van der Waals surface area contributed by atoms with Crippen LogP contribution in [0.25, 0.3) is 0 Å². The van der Waals surface area contributed by atoms with Gasteiger partial charge in [0.2, 0.25) is 5.91 Å². The maximum atomic E-state index is 13.1. The van der Waals surface area contributed by atoms with Gasteiger partial charge in [-0.05, 0) is 77.0 Å². The summed E-state index contributed by atoms with van der Waals surface area (Å²) in [5.74, 6) is -0.495. The van der Waals surface area contributed by atoms with Crippen LogP contribution in [0.3, 0.4) is 0 Å². The number of nitrogens with one attached hydrogen (secondary N) is 1. The number of aliphatic hydroxyl groups excluding tert-OH is 2. The number of carbonyl (C=O) groups excluding carboxylic acids is 2. The van der Waals surface area contributed by atoms with Crippen molar-refractivity contribution in [2.45, 2.75) is 270 Å². The summed E-state index contributed by atoms with van der Waals surface area (Å²) in [6.07, 6.45) is 48.0. The number of aliphatic hydroxyl groups is 2. The van der Waals surface area contributed by atoms with Crippen molar-refractivity contribution in [3.63, 3.8) is 0 Å². The molecular formula is C49H93NO5. The maximum absolute atomic E-state index is 13.1. The van der Waals surface area contributed by atoms with Crippen LogP contribution in [0.4, 0.5) is 0 Å². The Bertz CT molecular complexity index is 873. The lowest BCUT2D eigenvalue weighted by atomic mass is 10.0. The predicted octanol–water partition coefficient (Wildman–Crippen LogP) is 14.0. The van der Waals surface area contributed by atoms with Crippen molar-refractivity contribution in [3.05, 3.63) is 24.3 Å². The van der Waals surface area contributed by atoms with Crippen LogP contribution in [0.15, 0.2) is 24.3 Å². The van der Waals surface area contributed by atoms with E-state index in [9.17, 15) is 19.8 Å². The van der Waals surface area contributed by atoms with Gasteiger partial charge in [-0.2, -0.15) is 0 Å². The first-order chi connectivity index (χ1) is 27.0. The lowest BCUT2D eigenvalue weighted by molar-refractivity contribution is -0.151. The number of allylic oxidation sites excluding steroid dienone is 4. The summed E-state index contributed by atoms with van der Waals surface area (Å²) in [7, 11) is 0. The van der Waals surface area contributed by atoms with Crippen molar-refractivity contribution < 1.29 is 24.5 Å². The number of hydrogen-bond acceptors (Lipinski definition) is 5. The zero-order valence-corrected chi connectivity index (χ0v) is 36.8. The van der Waals surface area contributed by atoms with Crippen LogP contribution in [-0.4, -0.2) is 46.9 Å². The van der Waals surface area contributed by atoms with Crippen molar-refractivity contribution in [3.8, 4) is 0 Å². The van der Waals surface area contributed by atoms with Crippen molar-refractivity contribution in [1.29, 1.82) is 0 Å². The van der Waals surface area contributed by atoms with Gasteiger partial charge < -0.3 is 20.3 Å². The summed E-state index contributed by atoms with van der Waals surface area (Å²) in [5, 5.41) is 23.6. The van der Waals surface area contributed by atoms with E-state index in [1.54, 1.807) is 0 Å². The summed E-state index contributed by atoms with van der Waals surface area (Å²) in [6.45, 7) is 6.44. The molecule has 6 nitrogen and oxygen atoms in total. The third kappa shape index (κ3) is 39.0. The van der Waals surface area contributed by atoms with E-state index in [0.717, 1.165) is 70.6 Å². The van der Waals surface area contributed by atoms with Gasteiger partial charge in [-0.1, -0.05) is 186 Å². The molecule has 0 saturated heterocycles. The van der Waals surface area contributed by atoms with Crippen LogP contribution in [0.2, 0.25) is 0 Å². The van der Waals surface area contributed by atoms with Gasteiger partial charge in [-0.3, -0.25) is 9.59 Å². The topological polar surface area (TPSA) is 95.9 Å². The average molecular weight is 776 g/mol. The molecule has 0 saturated carbocycles. The van der Waals surface area contributed by atoms with Crippen LogP contribution in [-0.2, 0) is 14.3 Å². The molecule has 0 bridgehead atoms. The normalized spacial score (nSPS) is 13.5. The first-order valence-electron chi connectivity index (χ1n) is 24.1. The maximum Gasteiger partial charge on any atom is 0.306 e. The molecule has 0 aromatic rings. The number of esters is 1. The van der Waals surface area contributed by atoms with Crippen molar-refractivity contribution in [2.75, 3.05) is 6.61 Å². The van der Waals surface area contributed by atoms with E-state index in [0.29, 0.717) is 19.3 Å². The van der Waals surface area contributed by atoms with E-state index in [-0.39, 0.29) is 24.9 Å². The molecule has 0 aliphatic heterocycles. The summed E-state index contributed by atoms with van der Waals surface area (Å²) in [4.78, 5) is 26.0. The molecule has 6 heteroatoms. The Hall–Kier alpha value is -1.66. The predicted molar refractivity (Wildman–Crippen MR) is 236 cm³/mol. The van der Waals surface area contributed by atoms with Gasteiger partial charge in [0, 0.05) is 6.42 Å². The highest BCUT2D eigenvalue weighted by atomic mass is 16.5. The molecule has 1 amide bonds. The first kappa shape index (κ1) is 53.3. The quantitative estimate of drug-likeness (QED) is 0.0326. The van der Waals surface area contributed by atoms with Crippen molar-refractivity contribution in [2.24, 2.45) is 0 Å². The minimum absolute atomic E-state index is 0.0691. The molecule has 0 rings (SSSR count). The molecule has 55 heavy (non-hydrogen) atoms. The van der Waals surface area contributed by atoms with E-state index in [4.69, 9.17) is 4.74 Å². The van der Waals surface area contributed by atoms with Gasteiger partial charge in [-0.15, -0.1) is 0 Å². The molecule has 0 aromatic carbocycles. The van der Waals surface area contributed by atoms with Gasteiger partial charge in [0.15, 0.2) is 0 Å². The Morgan fingerprint density at radius 3 is 1.31 bits per heavy atom. The monoisotopic (exact) mass is 776 g/mol. The highest BCUT2D eigenvalue weighted by Gasteiger charge is 2.24. The van der Waals surface area contributed by atoms with Crippen LogP contribution in [0.1, 0.15) is 252 Å². The third-order valence-corrected chi connectivity index (χ3v) is 11.0. The SMILES string of the molecule is CCCCCC/C=C\CCCCCCCC(CC(=O)NC(CO)C(O)CCCCCCCCCCCC)OC(=O)CCCCC/C=C\CCCCCCCC. The van der Waals surface area contributed by atoms with Gasteiger partial charge in [0.25, 0.3) is 0 Å². The molecule has 3 atom stereocenters. The van der Waals surface area contributed by atoms with Crippen molar-refractivity contribution in [1.82, 2.24) is 5.32 Å². The molecule has 3 unspecified atom stereocenters. The second-order valence-corrected chi connectivity index (χ2v) is 16.5. The highest BCUT2D eigenvalue weighted by Crippen LogP contribution is 2.17. The van der Waals surface area contributed by atoms with Gasteiger partial charge in [-0.25, -0.2) is 0 Å². The third-order valence-electron chi connectivity index (χ3n) is 11.0. The van der Waals surface area contributed by atoms with Crippen LogP contribution >= 0.6 is 0 Å². The Labute approximate surface area is 341 Å². The molecule has 0 heterocycles. The minimum atomic E-state index is -0.787. The number of carbonyl (C=O) groups is 2. The number of amides is 1. The van der Waals surface area contributed by atoms with Crippen molar-refractivity contribution >= 4 is 11.9 Å². The molecule has 0 aliphatic carbocycles. The zero-order chi connectivity index (χ0) is 40.3. The van der Waals surface area contributed by atoms with Gasteiger partial charge in [0.05, 0.1) is 25.2 Å². The molecule has 0 aliphatic rings. The number of ether oxygens (including phenoxy) is 1. The fourth-order valence-corrected chi connectivity index (χ4v) is 7.30. The standard InChI is InChI=1S/C49H93NO5/c1-4-7-10-13-16-19-22-24-26-28-31-34-37-40-45(55-49(54)42-39-36-33-30-27-25-23-20-17-14-11-8-5-2)43-48(53)50-46(44-51)47(52)41-38-35-32-29-21-18-15-12-9-6-3/h19,22,25,27,45-47,51-52H,4-18,20-21,23-24,26,28-44H2,1-3H3,(H,50,53)/b22-19-,27-25-. The molecule has 0 aromatic heterocycles. The number of rotatable bonds is 43. The molecule has 0 radical (unpaired) electrons. The van der Waals surface area contributed by atoms with Crippen LogP contribution in [0, 0.1) is 0 Å². The summed E-state index contributed by atoms with van der Waals surface area (Å²) in [5.41, 5.74) is 0. The fraction of sp³-hybridized carbons (Fsp3) is 0.878. The smallest absolute Gasteiger partial charge is 0.306 e. The Kier molecular flexibility index (Phi) is 42.2. The molecule has 0 spiro atoms. The van der Waals surface area contributed by atoms with E-state index < -0.39 is 18.2 Å². The van der Waals surface area contributed by atoms with E-state index in [1.807, 2.05) is 0 Å². The minimum Gasteiger partial charge on any atom is -0.462 e. The number of hydrogen-bond donors (Lipinski definition) is 3. The average Bonchev–Trinajstić information content (AvgIpc) is 3.18. The van der Waals surface area contributed by atoms with Gasteiger partial charge >= 0.3 is 5.97 Å². The summed E-state index contributed by atoms with van der Waals surface area (Å²) < 4.78 is 5.90. The molecular weight excluding hydrogens is 683 g/mol. The first-order valence-corrected chi connectivity index (χ1v) is 24.1. The van der Waals surface area contributed by atoms with E-state index in [2.05, 4.69) is 50.4 Å². The number of unbranched alkanes of at least 4 members (excludes halogenated alkanes) is 27. The Balaban J connectivity index is 4.61. The summed E-state index contributed by atoms with van der Waals surface area (Å²) in [6, 6.07) is -0.701. The Morgan fingerprint density at radius 2 is 0.873 bits per heavy atom. The van der Waals surface area contributed by atoms with Gasteiger partial charge in [0.1, 0.15) is 6.10 Å². The fourth-order valence-electron chi connectivity index (χ4n) is 7.30. The molecule has 3 N–H and O–H groups in total. The Morgan fingerprint density at radius 1 is 0.509 bits per heavy atom. The molecule has 0 fully saturated rings. The van der Waals surface area contributed by atoms with E-state index in [1.165, 1.54) is 135 Å². The van der Waals surface area contributed by atoms with Crippen LogP contribution in [0.5, 0.6) is 0 Å². The second kappa shape index (κ2) is 43.5. The lowest BCUT2D eigenvalue weighted by Gasteiger charge is -2.24. The van der Waals surface area contributed by atoms with Crippen LogP contribution < -0.4 is 5.32 Å². The second-order valence-electron chi connectivity index (χ2n) is 16.5. The zero-order valence-electron chi connectivity index (χ0n) is 36.8. The van der Waals surface area contributed by atoms with E-state index >= 15 is 0 Å². The largest absolute Gasteiger partial charge is 0.462 e. The summed E-state index contributed by atoms with van der Waals surface area (Å²) >= 11 is 0. The highest BCUT2D eigenvalue weighted by molar-refractivity contribution is 5.77. The molecule has 324 valence electrons. The lowest BCUT2D eigenvalue weighted by Crippen LogP contribution is -2.46.